The van der Waals surface area contributed by atoms with Gasteiger partial charge in [-0.1, -0.05) is 42.0 Å². The van der Waals surface area contributed by atoms with E-state index in [4.69, 9.17) is 0 Å². The van der Waals surface area contributed by atoms with Gasteiger partial charge in [-0.2, -0.15) is 0 Å². The second-order valence-electron chi connectivity index (χ2n) is 4.54. The van der Waals surface area contributed by atoms with Crippen molar-refractivity contribution >= 4 is 39.2 Å². The summed E-state index contributed by atoms with van der Waals surface area (Å²) in [7, 11) is 0. The van der Waals surface area contributed by atoms with Crippen LogP contribution in [0.25, 0.3) is 0 Å². The van der Waals surface area contributed by atoms with Crippen LogP contribution in [0.4, 0.5) is 5.69 Å². The first kappa shape index (κ1) is 15.9. The average molecular weight is 443 g/mol. The normalized spacial score (nSPS) is 10.5. The van der Waals surface area contributed by atoms with E-state index in [-0.39, 0.29) is 33.0 Å². The molecule has 2 nitrogen and oxygen atoms in total. The van der Waals surface area contributed by atoms with Crippen LogP contribution in [0.15, 0.2) is 41.4 Å². The van der Waals surface area contributed by atoms with Crippen molar-refractivity contribution < 1.29 is 5.11 Å². The van der Waals surface area contributed by atoms with Gasteiger partial charge in [-0.05, 0) is 37.5 Å². The van der Waals surface area contributed by atoms with Crippen LogP contribution in [0, 0.1) is 20.8 Å². The maximum absolute atomic E-state index is 11.6. The predicted octanol–water partition coefficient (Wildman–Crippen LogP) is 3.06. The third-order valence-corrected chi connectivity index (χ3v) is 2.89. The van der Waals surface area contributed by atoms with Crippen LogP contribution in [0.1, 0.15) is 22.3 Å². The minimum absolute atomic E-state index is 0. The van der Waals surface area contributed by atoms with Crippen molar-refractivity contribution in [3.63, 3.8) is 0 Å². The topological polar surface area (TPSA) is 35.4 Å². The second kappa shape index (κ2) is 6.84. The molecule has 0 aromatic heterocycles. The van der Waals surface area contributed by atoms with E-state index >= 15 is 0 Å². The minimum Gasteiger partial charge on any atom is -0.872 e. The van der Waals surface area contributed by atoms with Gasteiger partial charge >= 0.3 is 27.3 Å². The smallest absolute Gasteiger partial charge is 0.872 e. The van der Waals surface area contributed by atoms with E-state index in [9.17, 15) is 5.11 Å². The molecule has 0 aliphatic heterocycles. The molecule has 2 aromatic rings. The maximum Gasteiger partial charge on any atom is 1.00 e. The van der Waals surface area contributed by atoms with Crippen LogP contribution in [-0.4, -0.2) is 33.5 Å². The zero-order valence-electron chi connectivity index (χ0n) is 11.5. The summed E-state index contributed by atoms with van der Waals surface area (Å²) in [6, 6.07) is 11.1. The summed E-state index contributed by atoms with van der Waals surface area (Å²) in [6.07, 6.45) is 1.65. The molecule has 2 aromatic carbocycles. The monoisotopic (exact) mass is 443 g/mol. The molecule has 0 spiro atoms. The first-order chi connectivity index (χ1) is 8.58. The van der Waals surface area contributed by atoms with E-state index in [1.807, 2.05) is 19.9 Å². The van der Waals surface area contributed by atoms with Gasteiger partial charge in [0.25, 0.3) is 0 Å². The van der Waals surface area contributed by atoms with Crippen LogP contribution in [0.2, 0.25) is 0 Å². The largest absolute Gasteiger partial charge is 1.00 e. The summed E-state index contributed by atoms with van der Waals surface area (Å²) in [5, 5.41) is 11.6. The van der Waals surface area contributed by atoms with Crippen molar-refractivity contribution in [2.75, 3.05) is 0 Å². The van der Waals surface area contributed by atoms with Gasteiger partial charge in [0.2, 0.25) is 0 Å². The van der Waals surface area contributed by atoms with Crippen LogP contribution < -0.4 is 5.11 Å². The molecule has 0 saturated carbocycles. The molecule has 0 aliphatic rings. The summed E-state index contributed by atoms with van der Waals surface area (Å²) in [4.78, 5) is 4.45. The number of hydrogen-bond donors (Lipinski definition) is 0. The van der Waals surface area contributed by atoms with Crippen molar-refractivity contribution in [3.05, 3.63) is 58.7 Å². The number of benzene rings is 2. The zero-order valence-corrected chi connectivity index (χ0v) is 16.0. The van der Waals surface area contributed by atoms with E-state index in [0.717, 1.165) is 16.8 Å². The Morgan fingerprint density at radius 3 is 2.16 bits per heavy atom. The fourth-order valence-electron chi connectivity index (χ4n) is 2.10. The van der Waals surface area contributed by atoms with Crippen molar-refractivity contribution in [1.82, 2.24) is 0 Å². The molecule has 94 valence electrons. The molecule has 0 fully saturated rings. The predicted molar refractivity (Wildman–Crippen MR) is 79.5 cm³/mol. The van der Waals surface area contributed by atoms with Gasteiger partial charge in [0.05, 0.1) is 5.69 Å². The molecule has 2 rings (SSSR count). The van der Waals surface area contributed by atoms with E-state index < -0.39 is 0 Å². The summed E-state index contributed by atoms with van der Waals surface area (Å²) >= 11 is 0. The van der Waals surface area contributed by atoms with E-state index in [1.54, 1.807) is 24.4 Å². The van der Waals surface area contributed by atoms with Gasteiger partial charge in [0.15, 0.2) is 0 Å². The molecule has 0 atom stereocenters. The molecule has 0 amide bonds. The van der Waals surface area contributed by atoms with Crippen LogP contribution in [0.3, 0.4) is 0 Å². The summed E-state index contributed by atoms with van der Waals surface area (Å²) in [5.74, 6) is 0.00340. The maximum atomic E-state index is 11.6. The Balaban J connectivity index is 0.00000180. The first-order valence-corrected chi connectivity index (χ1v) is 5.96. The Kier molecular flexibility index (Phi) is 5.72. The number of aryl methyl sites for hydroxylation is 3. The third kappa shape index (κ3) is 3.90. The molecule has 0 radical (unpaired) electrons. The summed E-state index contributed by atoms with van der Waals surface area (Å²) in [6.45, 7) is 6.14. The van der Waals surface area contributed by atoms with Gasteiger partial charge in [-0.3, -0.25) is 4.99 Å². The molecule has 0 N–H and O–H groups in total. The molecular formula is C16H16NOTl. The fourth-order valence-corrected chi connectivity index (χ4v) is 2.10. The molecule has 0 aliphatic carbocycles. The summed E-state index contributed by atoms with van der Waals surface area (Å²) in [5.41, 5.74) is 5.06. The Morgan fingerprint density at radius 2 is 1.58 bits per heavy atom. The standard InChI is InChI=1S/C16H17NO.Tl/c1-11-8-12(2)16(13(3)9-11)17-10-14-6-4-5-7-15(14)18;/h4-10,18H,1-3H3;/q;+1/p-1. The number of nitrogens with zero attached hydrogens (tertiary/aromatic N) is 1. The number of hydrogen-bond acceptors (Lipinski definition) is 2. The van der Waals surface area contributed by atoms with E-state index in [0.29, 0.717) is 5.56 Å². The van der Waals surface area contributed by atoms with Gasteiger partial charge in [0.1, 0.15) is 0 Å². The Labute approximate surface area is 134 Å². The van der Waals surface area contributed by atoms with Crippen molar-refractivity contribution in [2.45, 2.75) is 20.8 Å². The Hall–Kier alpha value is -1.17. The van der Waals surface area contributed by atoms with E-state index in [1.165, 1.54) is 5.56 Å². The SMILES string of the molecule is Cc1cc(C)c(N=Cc2ccccc2[O-])c(C)c1.[Tl+]. The zero-order chi connectivity index (χ0) is 13.1. The molecule has 19 heavy (non-hydrogen) atoms. The van der Waals surface area contributed by atoms with Crippen LogP contribution in [-0.2, 0) is 0 Å². The molecule has 3 heteroatoms. The third-order valence-electron chi connectivity index (χ3n) is 2.89. The molecule has 0 unspecified atom stereocenters. The fraction of sp³-hybridized carbons (Fsp3) is 0.188. The van der Waals surface area contributed by atoms with Gasteiger partial charge in [-0.25, -0.2) is 0 Å². The second-order valence-corrected chi connectivity index (χ2v) is 4.54. The molecule has 0 bridgehead atoms. The van der Waals surface area contributed by atoms with Crippen LogP contribution in [0.5, 0.6) is 5.75 Å². The molecule has 0 heterocycles. The number of aliphatic imine (C=N–C) groups is 1. The van der Waals surface area contributed by atoms with Crippen molar-refractivity contribution in [3.8, 4) is 5.75 Å². The first-order valence-electron chi connectivity index (χ1n) is 5.96. The van der Waals surface area contributed by atoms with Crippen molar-refractivity contribution in [1.29, 1.82) is 0 Å². The van der Waals surface area contributed by atoms with E-state index in [2.05, 4.69) is 24.0 Å². The number of para-hydroxylation sites is 1. The quantitative estimate of drug-likeness (QED) is 0.520. The minimum atomic E-state index is 0. The molecular weight excluding hydrogens is 427 g/mol. The summed E-state index contributed by atoms with van der Waals surface area (Å²) < 4.78 is 0. The van der Waals surface area contributed by atoms with Crippen LogP contribution >= 0.6 is 0 Å². The van der Waals surface area contributed by atoms with Crippen molar-refractivity contribution in [2.24, 2.45) is 4.99 Å². The Bertz CT molecular complexity index is 582. The van der Waals surface area contributed by atoms with Gasteiger partial charge < -0.3 is 5.11 Å². The number of rotatable bonds is 2. The molecule has 0 saturated heterocycles. The van der Waals surface area contributed by atoms with Gasteiger partial charge in [0, 0.05) is 6.21 Å². The van der Waals surface area contributed by atoms with Gasteiger partial charge in [-0.15, -0.1) is 5.75 Å². The average Bonchev–Trinajstić information content (AvgIpc) is 2.30. The Morgan fingerprint density at radius 1 is 1.00 bits per heavy atom.